The lowest BCUT2D eigenvalue weighted by atomic mass is 9.84. The van der Waals surface area contributed by atoms with Gasteiger partial charge in [0, 0.05) is 15.9 Å². The topological polar surface area (TPSA) is 62.3 Å². The van der Waals surface area contributed by atoms with Crippen molar-refractivity contribution in [3.8, 4) is 11.1 Å². The van der Waals surface area contributed by atoms with Crippen LogP contribution in [-0.2, 0) is 21.6 Å². The summed E-state index contributed by atoms with van der Waals surface area (Å²) in [6.45, 7) is 2.58. The zero-order valence-corrected chi connectivity index (χ0v) is 16.0. The van der Waals surface area contributed by atoms with Gasteiger partial charge in [-0.3, -0.25) is 4.79 Å². The molecule has 1 aromatic heterocycles. The van der Waals surface area contributed by atoms with Crippen molar-refractivity contribution in [2.75, 3.05) is 6.61 Å². The zero-order valence-electron chi connectivity index (χ0n) is 15.2. The summed E-state index contributed by atoms with van der Waals surface area (Å²) in [5, 5.41) is 11.4. The number of ether oxygens (including phenoxy) is 1. The summed E-state index contributed by atoms with van der Waals surface area (Å²) < 4.78 is 6.10. The molecule has 2 N–H and O–H groups in total. The van der Waals surface area contributed by atoms with Crippen LogP contribution in [0.5, 0.6) is 0 Å². The van der Waals surface area contributed by atoms with Crippen LogP contribution < -0.4 is 0 Å². The van der Waals surface area contributed by atoms with Crippen molar-refractivity contribution in [2.24, 2.45) is 0 Å². The van der Waals surface area contributed by atoms with Crippen LogP contribution >= 0.6 is 11.6 Å². The third-order valence-electron chi connectivity index (χ3n) is 5.34. The van der Waals surface area contributed by atoms with Crippen molar-refractivity contribution in [2.45, 2.75) is 38.2 Å². The Morgan fingerprint density at radius 2 is 2.11 bits per heavy atom. The van der Waals surface area contributed by atoms with Crippen molar-refractivity contribution < 1.29 is 14.6 Å². The third kappa shape index (κ3) is 3.13. The minimum absolute atomic E-state index is 0.0346. The number of benzene rings is 2. The van der Waals surface area contributed by atoms with Crippen molar-refractivity contribution in [1.82, 2.24) is 4.98 Å². The van der Waals surface area contributed by atoms with Crippen molar-refractivity contribution in [1.29, 1.82) is 0 Å². The van der Waals surface area contributed by atoms with Crippen molar-refractivity contribution in [3.63, 3.8) is 0 Å². The lowest BCUT2D eigenvalue weighted by molar-refractivity contribution is -0.149. The van der Waals surface area contributed by atoms with Gasteiger partial charge in [-0.2, -0.15) is 0 Å². The molecule has 140 valence electrons. The lowest BCUT2D eigenvalue weighted by Crippen LogP contribution is -2.37. The number of nitrogens with one attached hydrogen (secondary N) is 1. The first kappa shape index (κ1) is 18.1. The van der Waals surface area contributed by atoms with Crippen molar-refractivity contribution in [3.05, 3.63) is 58.7 Å². The van der Waals surface area contributed by atoms with Gasteiger partial charge in [-0.1, -0.05) is 49.2 Å². The summed E-state index contributed by atoms with van der Waals surface area (Å²) in [4.78, 5) is 15.1. The number of carbonyl (C=O) groups is 1. The number of carboxylic acid groups (broad SMARTS) is 1. The van der Waals surface area contributed by atoms with E-state index in [2.05, 4.69) is 24.0 Å². The molecule has 4 nitrogen and oxygen atoms in total. The Balaban J connectivity index is 1.96. The van der Waals surface area contributed by atoms with Gasteiger partial charge in [0.1, 0.15) is 5.60 Å². The second kappa shape index (κ2) is 7.02. The smallest absolute Gasteiger partial charge is 0.306 e. The molecule has 1 aliphatic rings. The molecule has 0 amide bonds. The van der Waals surface area contributed by atoms with Gasteiger partial charge in [-0.05, 0) is 47.7 Å². The van der Waals surface area contributed by atoms with E-state index in [1.807, 2.05) is 30.3 Å². The van der Waals surface area contributed by atoms with E-state index in [0.717, 1.165) is 40.6 Å². The Kier molecular flexibility index (Phi) is 4.70. The first-order valence-electron chi connectivity index (χ1n) is 9.30. The summed E-state index contributed by atoms with van der Waals surface area (Å²) >= 11 is 6.21. The first-order valence-corrected chi connectivity index (χ1v) is 9.67. The highest BCUT2D eigenvalue weighted by molar-refractivity contribution is 6.30. The highest BCUT2D eigenvalue weighted by Crippen LogP contribution is 2.44. The molecule has 1 unspecified atom stereocenters. The van der Waals surface area contributed by atoms with Gasteiger partial charge >= 0.3 is 5.97 Å². The number of hydrogen-bond donors (Lipinski definition) is 2. The Bertz CT molecular complexity index is 1010. The molecular formula is C22H22ClNO3. The number of hydrogen-bond acceptors (Lipinski definition) is 2. The number of halogens is 1. The predicted octanol–water partition coefficient (Wildman–Crippen LogP) is 5.53. The second-order valence-electron chi connectivity index (χ2n) is 7.13. The molecule has 3 aromatic rings. The molecule has 0 spiro atoms. The van der Waals surface area contributed by atoms with Crippen LogP contribution in [0.1, 0.15) is 37.4 Å². The van der Waals surface area contributed by atoms with Crippen LogP contribution in [0.2, 0.25) is 5.02 Å². The van der Waals surface area contributed by atoms with E-state index < -0.39 is 11.6 Å². The number of fused-ring (bicyclic) bond motifs is 3. The Labute approximate surface area is 163 Å². The summed E-state index contributed by atoms with van der Waals surface area (Å²) in [6.07, 6.45) is 2.25. The number of H-pyrrole nitrogens is 1. The Morgan fingerprint density at radius 3 is 2.85 bits per heavy atom. The van der Waals surface area contributed by atoms with E-state index in [0.29, 0.717) is 18.1 Å². The average Bonchev–Trinajstić information content (AvgIpc) is 3.02. The largest absolute Gasteiger partial charge is 0.481 e. The maximum Gasteiger partial charge on any atom is 0.306 e. The molecule has 0 radical (unpaired) electrons. The molecular weight excluding hydrogens is 362 g/mol. The number of carboxylic acids is 1. The zero-order chi connectivity index (χ0) is 19.0. The highest BCUT2D eigenvalue weighted by Gasteiger charge is 2.41. The number of aromatic nitrogens is 1. The Morgan fingerprint density at radius 1 is 1.30 bits per heavy atom. The minimum Gasteiger partial charge on any atom is -0.481 e. The van der Waals surface area contributed by atoms with Crippen LogP contribution in [0.4, 0.5) is 0 Å². The lowest BCUT2D eigenvalue weighted by Gasteiger charge is -2.36. The van der Waals surface area contributed by atoms with Crippen LogP contribution in [0.3, 0.4) is 0 Å². The van der Waals surface area contributed by atoms with E-state index >= 15 is 0 Å². The van der Waals surface area contributed by atoms with Crippen molar-refractivity contribution >= 4 is 28.5 Å². The normalized spacial score (nSPS) is 19.2. The molecule has 4 rings (SSSR count). The molecule has 27 heavy (non-hydrogen) atoms. The average molecular weight is 384 g/mol. The minimum atomic E-state index is -0.843. The van der Waals surface area contributed by atoms with Gasteiger partial charge < -0.3 is 14.8 Å². The fourth-order valence-corrected chi connectivity index (χ4v) is 4.54. The first-order chi connectivity index (χ1) is 13.0. The van der Waals surface area contributed by atoms with Crippen LogP contribution in [0.15, 0.2) is 42.5 Å². The van der Waals surface area contributed by atoms with E-state index in [9.17, 15) is 9.90 Å². The SMILES string of the molecule is CCCC1(CC(=O)O)OCCc2c1[nH]c1cccc(-c3cccc(Cl)c3)c21. The molecule has 5 heteroatoms. The molecule has 2 heterocycles. The summed E-state index contributed by atoms with van der Waals surface area (Å²) in [5.74, 6) is -0.843. The number of rotatable bonds is 5. The molecule has 0 bridgehead atoms. The number of aliphatic carboxylic acids is 1. The van der Waals surface area contributed by atoms with Crippen LogP contribution in [0.25, 0.3) is 22.0 Å². The van der Waals surface area contributed by atoms with E-state index in [1.165, 1.54) is 5.56 Å². The maximum atomic E-state index is 11.6. The quantitative estimate of drug-likeness (QED) is 0.608. The monoisotopic (exact) mass is 383 g/mol. The van der Waals surface area contributed by atoms with Gasteiger partial charge in [0.05, 0.1) is 18.7 Å². The summed E-state index contributed by atoms with van der Waals surface area (Å²) in [5.41, 5.74) is 4.47. The fourth-order valence-electron chi connectivity index (χ4n) is 4.35. The predicted molar refractivity (Wildman–Crippen MR) is 107 cm³/mol. The molecule has 1 aliphatic heterocycles. The molecule has 0 fully saturated rings. The van der Waals surface area contributed by atoms with Crippen LogP contribution in [0, 0.1) is 0 Å². The number of aromatic amines is 1. The maximum absolute atomic E-state index is 11.6. The van der Waals surface area contributed by atoms with E-state index in [-0.39, 0.29) is 6.42 Å². The molecule has 2 aromatic carbocycles. The Hall–Kier alpha value is -2.30. The van der Waals surface area contributed by atoms with Gasteiger partial charge in [0.15, 0.2) is 0 Å². The molecule has 0 aliphatic carbocycles. The molecule has 1 atom stereocenters. The molecule has 0 saturated carbocycles. The highest BCUT2D eigenvalue weighted by atomic mass is 35.5. The summed E-state index contributed by atoms with van der Waals surface area (Å²) in [7, 11) is 0. The van der Waals surface area contributed by atoms with Gasteiger partial charge in [-0.15, -0.1) is 0 Å². The van der Waals surface area contributed by atoms with E-state index in [4.69, 9.17) is 16.3 Å². The van der Waals surface area contributed by atoms with E-state index in [1.54, 1.807) is 0 Å². The van der Waals surface area contributed by atoms with Crippen LogP contribution in [-0.4, -0.2) is 22.7 Å². The standard InChI is InChI=1S/C22H22ClNO3/c1-2-10-22(13-19(25)26)21-17(9-11-27-22)20-16(7-4-8-18(20)24-21)14-5-3-6-15(23)12-14/h3-8,12,24H,2,9-11,13H2,1H3,(H,25,26). The van der Waals surface area contributed by atoms with Gasteiger partial charge in [0.25, 0.3) is 0 Å². The van der Waals surface area contributed by atoms with Gasteiger partial charge in [-0.25, -0.2) is 0 Å². The second-order valence-corrected chi connectivity index (χ2v) is 7.57. The summed E-state index contributed by atoms with van der Waals surface area (Å²) in [6, 6.07) is 14.0. The third-order valence-corrected chi connectivity index (χ3v) is 5.58. The molecule has 0 saturated heterocycles. The fraction of sp³-hybridized carbons (Fsp3) is 0.318. The van der Waals surface area contributed by atoms with Gasteiger partial charge in [0.2, 0.25) is 0 Å².